The van der Waals surface area contributed by atoms with Gasteiger partial charge in [0.15, 0.2) is 22.8 Å². The first-order valence-electron chi connectivity index (χ1n) is 45.8. The van der Waals surface area contributed by atoms with Crippen LogP contribution in [0.5, 0.6) is 0 Å². The lowest BCUT2D eigenvalue weighted by molar-refractivity contribution is -0.665. The zero-order chi connectivity index (χ0) is 88.5. The van der Waals surface area contributed by atoms with E-state index in [4.69, 9.17) is 4.42 Å². The van der Waals surface area contributed by atoms with Gasteiger partial charge >= 0.3 is 0 Å². The van der Waals surface area contributed by atoms with E-state index in [0.29, 0.717) is 71.0 Å². The lowest BCUT2D eigenvalue weighted by Crippen LogP contribution is -2.35. The molecule has 0 radical (unpaired) electrons. The second-order valence-corrected chi connectivity index (χ2v) is 40.8. The molecule has 634 valence electrons. The van der Waals surface area contributed by atoms with Gasteiger partial charge in [0, 0.05) is 67.5 Å². The molecule has 6 heteroatoms. The molecular weight excluding hydrogens is 1510 g/mol. The van der Waals surface area contributed by atoms with E-state index in [2.05, 4.69) is 432 Å². The van der Waals surface area contributed by atoms with Gasteiger partial charge in [-0.2, -0.15) is 18.3 Å². The number of hydrogen-bond donors (Lipinski definition) is 0. The topological polar surface area (TPSA) is 28.7 Å². The monoisotopic (exact) mass is 1650 g/mol. The van der Waals surface area contributed by atoms with Crippen LogP contribution in [0.1, 0.15) is 227 Å². The molecule has 16 aromatic rings. The number of nitrogens with zero attached hydrogens (tertiary/aromatic N) is 4. The summed E-state index contributed by atoms with van der Waals surface area (Å²) in [4.78, 5) is 0. The van der Waals surface area contributed by atoms with Gasteiger partial charge in [0.1, 0.15) is 33.8 Å². The van der Waals surface area contributed by atoms with E-state index in [1.54, 1.807) is 6.26 Å². The third-order valence-corrected chi connectivity index (χ3v) is 29.0. The first kappa shape index (κ1) is 88.9. The van der Waals surface area contributed by atoms with Crippen molar-refractivity contribution in [2.24, 2.45) is 75.5 Å². The summed E-state index contributed by atoms with van der Waals surface area (Å²) in [6.07, 6.45) is 1.77. The molecule has 0 saturated carbocycles. The molecule has 10 aromatic carbocycles. The predicted octanol–water partition coefficient (Wildman–Crippen LogP) is 30.8. The third kappa shape index (κ3) is 17.1. The Kier molecular flexibility index (Phi) is 25.8. The van der Waals surface area contributed by atoms with Crippen molar-refractivity contribution in [2.75, 3.05) is 0 Å². The third-order valence-electron chi connectivity index (χ3n) is 28.2. The summed E-state index contributed by atoms with van der Waals surface area (Å²) in [5.41, 5.74) is 33.3. The minimum Gasteiger partial charge on any atom is -0.464 e. The average molecular weight is 1650 g/mol. The molecule has 1 aliphatic carbocycles. The Morgan fingerprint density at radius 2 is 0.593 bits per heavy atom. The highest BCUT2D eigenvalue weighted by Gasteiger charge is 2.38. The van der Waals surface area contributed by atoms with Crippen LogP contribution in [-0.2, 0) is 33.6 Å². The second-order valence-electron chi connectivity index (χ2n) is 39.9. The fraction of sp³-hybridized carbons (Fsp3) is 0.368. The number of pyridine rings is 4. The van der Waals surface area contributed by atoms with Crippen molar-refractivity contribution >= 4 is 86.3 Å². The summed E-state index contributed by atoms with van der Waals surface area (Å²) in [6, 6.07) is 78.5. The highest BCUT2D eigenvalue weighted by atomic mass is 32.1. The number of aryl methyl sites for hydroxylation is 8. The van der Waals surface area contributed by atoms with Crippen LogP contribution < -0.4 is 18.3 Å². The van der Waals surface area contributed by atoms with Gasteiger partial charge in [-0.05, 0) is 281 Å². The van der Waals surface area contributed by atoms with Gasteiger partial charge in [0.25, 0.3) is 0 Å². The van der Waals surface area contributed by atoms with Crippen molar-refractivity contribution in [1.29, 1.82) is 0 Å². The number of aromatic nitrogens is 4. The van der Waals surface area contributed by atoms with Gasteiger partial charge in [-0.1, -0.05) is 234 Å². The van der Waals surface area contributed by atoms with Crippen molar-refractivity contribution in [2.45, 2.75) is 209 Å². The highest BCUT2D eigenvalue weighted by Crippen LogP contribution is 2.52. The van der Waals surface area contributed by atoms with Crippen molar-refractivity contribution in [1.82, 2.24) is 0 Å². The van der Waals surface area contributed by atoms with Crippen molar-refractivity contribution in [3.8, 4) is 56.2 Å². The first-order chi connectivity index (χ1) is 58.3. The van der Waals surface area contributed by atoms with Crippen LogP contribution in [0.4, 0.5) is 0 Å². The van der Waals surface area contributed by atoms with Crippen LogP contribution in [0, 0.1) is 103 Å². The Bertz CT molecular complexity index is 6460. The molecular formula is C117H138N4OS+4. The van der Waals surface area contributed by atoms with Gasteiger partial charge in [0.2, 0.25) is 22.8 Å². The maximum absolute atomic E-state index is 5.71. The van der Waals surface area contributed by atoms with Gasteiger partial charge in [-0.3, -0.25) is 0 Å². The largest absolute Gasteiger partial charge is 0.464 e. The first-order valence-corrected chi connectivity index (χ1v) is 46.7. The number of fused-ring (bicyclic) bond motifs is 10. The smallest absolute Gasteiger partial charge is 0.220 e. The van der Waals surface area contributed by atoms with Crippen LogP contribution in [0.25, 0.3) is 131 Å². The SMILES string of the molecule is Cc1cc2c(cc1-c1c3ccc(C(C(C)C)C(C)C)cc3cc(C)[n+]1C)C(C)(C)c1ccccc1-2.Cc1cc2ccccc2cc1-c1c2ccc(C(C(C)C)C(C)C)cc2cc(C)[n+]1C.Cc1cc2ccoc2cc1-c1c2ccc(C(C(C)C)C(C)C)cc2cc(C)[n+]1C.Cc1cc2ccsc2cc1-c1c2ccc(C(C(C)C)C(C)C)cc2cc(C)[n+]1C. The van der Waals surface area contributed by atoms with Crippen molar-refractivity contribution in [3.63, 3.8) is 0 Å². The number of furan rings is 1. The van der Waals surface area contributed by atoms with Crippen molar-refractivity contribution < 1.29 is 22.7 Å². The molecule has 0 bridgehead atoms. The van der Waals surface area contributed by atoms with Gasteiger partial charge in [-0.25, -0.2) is 0 Å². The lowest BCUT2D eigenvalue weighted by atomic mass is 9.79. The molecule has 6 aromatic heterocycles. The summed E-state index contributed by atoms with van der Waals surface area (Å²) in [5.74, 6) is 7.32. The molecule has 0 saturated heterocycles. The molecule has 17 rings (SSSR count). The Labute approximate surface area is 741 Å². The van der Waals surface area contributed by atoms with Crippen LogP contribution in [0.3, 0.4) is 0 Å². The number of benzene rings is 10. The minimum atomic E-state index is 0.00148. The molecule has 0 amide bonds. The molecule has 1 aliphatic rings. The van der Waals surface area contributed by atoms with Gasteiger partial charge in [0.05, 0.1) is 50.1 Å². The molecule has 0 spiro atoms. The van der Waals surface area contributed by atoms with Gasteiger partial charge in [-0.15, -0.1) is 11.3 Å². The quantitative estimate of drug-likeness (QED) is 0.0887. The minimum absolute atomic E-state index is 0.00148. The Morgan fingerprint density at radius 3 is 0.984 bits per heavy atom. The molecule has 0 fully saturated rings. The lowest BCUT2D eigenvalue weighted by Gasteiger charge is -2.26. The summed E-state index contributed by atoms with van der Waals surface area (Å²) >= 11 is 1.82. The maximum Gasteiger partial charge on any atom is 0.220 e. The van der Waals surface area contributed by atoms with E-state index < -0.39 is 0 Å². The average Bonchev–Trinajstić information content (AvgIpc) is 1.50. The highest BCUT2D eigenvalue weighted by molar-refractivity contribution is 7.17. The van der Waals surface area contributed by atoms with E-state index >= 15 is 0 Å². The summed E-state index contributed by atoms with van der Waals surface area (Å²) < 4.78 is 16.5. The van der Waals surface area contributed by atoms with E-state index in [-0.39, 0.29) is 5.41 Å². The Morgan fingerprint density at radius 1 is 0.268 bits per heavy atom. The standard InChI is InChI=1S/C34H40N.C29H34N.C27H32NO.C27H32NS/c1-20(2)32(21(3)4)24-14-15-26-25(18-24)17-23(6)35(9)33(26)28-19-31-29(16-22(28)5)27-12-10-11-13-30(27)34(31,7)8;1-18(2)28(19(3)4)24-12-13-26-25(16-24)15-21(6)30(7)29(26)27-17-23-11-9-8-10-22(23)14-20(27)5;2*1-16(2)26(17(3)4)21-8-9-23-22(14-21)13-19(6)28(7)27(23)24-15-25-20(10-11-29-25)12-18(24)5/h10-21,32H,1-9H3;8-19,28H,1-7H3;2*8-17,26H,1-7H3/q4*+1. The summed E-state index contributed by atoms with van der Waals surface area (Å²) in [5, 5.41) is 17.9. The van der Waals surface area contributed by atoms with E-state index in [0.717, 1.165) is 11.0 Å². The Hall–Kier alpha value is -10.4. The molecule has 5 nitrogen and oxygen atoms in total. The molecule has 123 heavy (non-hydrogen) atoms. The normalized spacial score (nSPS) is 12.8. The molecule has 6 heterocycles. The fourth-order valence-electron chi connectivity index (χ4n) is 22.1. The molecule has 0 N–H and O–H groups in total. The number of thiophene rings is 1. The second kappa shape index (κ2) is 35.7. The number of rotatable bonds is 16. The summed E-state index contributed by atoms with van der Waals surface area (Å²) in [6.45, 7) is 60.0. The predicted molar refractivity (Wildman–Crippen MR) is 530 cm³/mol. The van der Waals surface area contributed by atoms with Gasteiger partial charge < -0.3 is 4.42 Å². The van der Waals surface area contributed by atoms with E-state index in [1.807, 2.05) is 17.4 Å². The van der Waals surface area contributed by atoms with Crippen LogP contribution >= 0.6 is 11.3 Å². The fourth-order valence-corrected chi connectivity index (χ4v) is 23.0. The Balaban J connectivity index is 0.000000134. The molecule has 0 aliphatic heterocycles. The summed E-state index contributed by atoms with van der Waals surface area (Å²) in [7, 11) is 8.77. The van der Waals surface area contributed by atoms with E-state index in [9.17, 15) is 0 Å². The molecule has 0 atom stereocenters. The van der Waals surface area contributed by atoms with Crippen LogP contribution in [-0.4, -0.2) is 0 Å². The van der Waals surface area contributed by atoms with E-state index in [1.165, 1.54) is 199 Å². The van der Waals surface area contributed by atoms with Crippen LogP contribution in [0.15, 0.2) is 222 Å². The van der Waals surface area contributed by atoms with Crippen LogP contribution in [0.2, 0.25) is 0 Å². The van der Waals surface area contributed by atoms with Crippen molar-refractivity contribution in [3.05, 3.63) is 296 Å². The number of hydrogen-bond acceptors (Lipinski definition) is 2. The maximum atomic E-state index is 5.71. The zero-order valence-electron chi connectivity index (χ0n) is 79.8. The zero-order valence-corrected chi connectivity index (χ0v) is 80.6. The molecule has 0 unspecified atom stereocenters.